The average molecular weight is 512 g/mol. The van der Waals surface area contributed by atoms with Crippen LogP contribution in [0.15, 0.2) is 12.2 Å². The van der Waals surface area contributed by atoms with E-state index < -0.39 is 17.2 Å². The molecule has 1 amide bonds. The van der Waals surface area contributed by atoms with Gasteiger partial charge in [-0.25, -0.2) is 4.79 Å². The molecule has 7 heteroatoms. The molecule has 0 aromatic carbocycles. The molecule has 0 rings (SSSR count). The van der Waals surface area contributed by atoms with Crippen LogP contribution < -0.4 is 5.32 Å². The monoisotopic (exact) mass is 511 g/mol. The molecule has 0 aliphatic heterocycles. The zero-order valence-electron chi connectivity index (χ0n) is 24.5. The number of Topliss-reactive ketones (excluding diaryl/α,β-unsaturated/α-hetero) is 1. The van der Waals surface area contributed by atoms with Gasteiger partial charge in [0.2, 0.25) is 0 Å². The predicted molar refractivity (Wildman–Crippen MR) is 145 cm³/mol. The lowest BCUT2D eigenvalue weighted by atomic mass is 9.81. The highest BCUT2D eigenvalue weighted by Crippen LogP contribution is 2.30. The van der Waals surface area contributed by atoms with Gasteiger partial charge in [-0.3, -0.25) is 9.59 Å². The first kappa shape index (κ1) is 34.3. The van der Waals surface area contributed by atoms with Crippen molar-refractivity contribution in [1.29, 1.82) is 0 Å². The van der Waals surface area contributed by atoms with Gasteiger partial charge in [0.25, 0.3) is 5.91 Å². The Balaban J connectivity index is 4.27. The second-order valence-corrected chi connectivity index (χ2v) is 11.5. The smallest absolute Gasteiger partial charge is 0.333 e. The molecule has 7 nitrogen and oxygen atoms in total. The van der Waals surface area contributed by atoms with Crippen molar-refractivity contribution in [2.24, 2.45) is 11.3 Å². The van der Waals surface area contributed by atoms with Crippen LogP contribution in [0.3, 0.4) is 0 Å². The van der Waals surface area contributed by atoms with Gasteiger partial charge in [-0.15, -0.1) is 0 Å². The van der Waals surface area contributed by atoms with Gasteiger partial charge in [0.1, 0.15) is 17.8 Å². The van der Waals surface area contributed by atoms with Crippen molar-refractivity contribution in [3.05, 3.63) is 12.2 Å². The van der Waals surface area contributed by atoms with Gasteiger partial charge in [-0.1, -0.05) is 54.0 Å². The molecule has 0 radical (unpaired) electrons. The number of nitrogens with one attached hydrogen (secondary N) is 1. The summed E-state index contributed by atoms with van der Waals surface area (Å²) in [4.78, 5) is 36.6. The van der Waals surface area contributed by atoms with Crippen LogP contribution in [0.2, 0.25) is 0 Å². The minimum atomic E-state index is -0.994. The first-order valence-corrected chi connectivity index (χ1v) is 13.5. The third-order valence-corrected chi connectivity index (χ3v) is 6.84. The van der Waals surface area contributed by atoms with Crippen LogP contribution in [0, 0.1) is 11.3 Å². The lowest BCUT2D eigenvalue weighted by molar-refractivity contribution is -0.145. The van der Waals surface area contributed by atoms with Crippen LogP contribution in [0.4, 0.5) is 0 Å². The van der Waals surface area contributed by atoms with Crippen molar-refractivity contribution in [3.8, 4) is 0 Å². The molecule has 36 heavy (non-hydrogen) atoms. The number of rotatable bonds is 20. The van der Waals surface area contributed by atoms with Crippen molar-refractivity contribution in [2.45, 2.75) is 118 Å². The number of carbonyl (C=O) groups is 3. The van der Waals surface area contributed by atoms with Crippen LogP contribution in [-0.2, 0) is 28.6 Å². The summed E-state index contributed by atoms with van der Waals surface area (Å²) in [6.45, 7) is 22.7. The maximum atomic E-state index is 12.9. The van der Waals surface area contributed by atoms with E-state index in [0.29, 0.717) is 37.5 Å². The minimum absolute atomic E-state index is 0.0809. The number of amides is 1. The quantitative estimate of drug-likeness (QED) is 0.126. The number of carbonyl (C=O) groups excluding carboxylic acids is 3. The number of ketones is 1. The minimum Gasteiger partial charge on any atom is -0.460 e. The molecule has 0 saturated carbocycles. The van der Waals surface area contributed by atoms with E-state index in [4.69, 9.17) is 14.2 Å². The van der Waals surface area contributed by atoms with Crippen molar-refractivity contribution in [1.82, 2.24) is 5.32 Å². The summed E-state index contributed by atoms with van der Waals surface area (Å²) in [5.74, 6) is -0.186. The van der Waals surface area contributed by atoms with E-state index >= 15 is 0 Å². The van der Waals surface area contributed by atoms with Crippen LogP contribution in [0.5, 0.6) is 0 Å². The van der Waals surface area contributed by atoms with Crippen LogP contribution in [-0.4, -0.2) is 55.2 Å². The number of ether oxygens (including phenoxy) is 3. The second kappa shape index (κ2) is 16.2. The Labute approximate surface area is 220 Å². The summed E-state index contributed by atoms with van der Waals surface area (Å²) in [7, 11) is 0. The highest BCUT2D eigenvalue weighted by molar-refractivity contribution is 5.87. The predicted octanol–water partition coefficient (Wildman–Crippen LogP) is 5.79. The first-order valence-electron chi connectivity index (χ1n) is 13.5. The largest absolute Gasteiger partial charge is 0.460 e. The molecule has 0 heterocycles. The van der Waals surface area contributed by atoms with Gasteiger partial charge in [0.15, 0.2) is 5.78 Å². The lowest BCUT2D eigenvalue weighted by Gasteiger charge is -2.31. The first-order chi connectivity index (χ1) is 16.6. The maximum absolute atomic E-state index is 12.9. The van der Waals surface area contributed by atoms with Crippen LogP contribution >= 0.6 is 0 Å². The molecule has 0 aromatic heterocycles. The standard InChI is InChI=1S/C29H53NO6/c1-11-27(6,7)20-23(5)21-36-29(10,12-2)24(31)16-14-13-15-18-35-28(8,9)26(33)30-17-19-34-25(32)22(3)4/h23H,3,11-21H2,1-2,4-10H3,(H,30,33). The molecule has 2 atom stereocenters. The van der Waals surface area contributed by atoms with Gasteiger partial charge in [0.05, 0.1) is 13.2 Å². The van der Waals surface area contributed by atoms with Gasteiger partial charge in [0, 0.05) is 18.6 Å². The number of hydrogen-bond donors (Lipinski definition) is 1. The van der Waals surface area contributed by atoms with Crippen molar-refractivity contribution in [3.63, 3.8) is 0 Å². The Kier molecular flexibility index (Phi) is 15.4. The third-order valence-electron chi connectivity index (χ3n) is 6.84. The van der Waals surface area contributed by atoms with Gasteiger partial charge >= 0.3 is 5.97 Å². The van der Waals surface area contributed by atoms with E-state index in [0.717, 1.165) is 32.1 Å². The zero-order chi connectivity index (χ0) is 28.0. The molecular formula is C29H53NO6. The Hall–Kier alpha value is -1.73. The van der Waals surface area contributed by atoms with E-state index in [1.165, 1.54) is 0 Å². The fourth-order valence-corrected chi connectivity index (χ4v) is 3.72. The molecule has 2 unspecified atom stereocenters. The van der Waals surface area contributed by atoms with Crippen molar-refractivity contribution in [2.75, 3.05) is 26.4 Å². The number of hydrogen-bond acceptors (Lipinski definition) is 6. The molecule has 1 N–H and O–H groups in total. The molecule has 0 spiro atoms. The topological polar surface area (TPSA) is 90.9 Å². The van der Waals surface area contributed by atoms with Crippen LogP contribution in [0.1, 0.15) is 107 Å². The van der Waals surface area contributed by atoms with E-state index in [1.807, 2.05) is 13.8 Å². The van der Waals surface area contributed by atoms with Gasteiger partial charge in [-0.05, 0) is 64.7 Å². The van der Waals surface area contributed by atoms with Crippen LogP contribution in [0.25, 0.3) is 0 Å². The SMILES string of the molecule is C=C(C)C(=O)OCCNC(=O)C(C)(C)OCCCCCC(=O)C(C)(CC)OCC(C)CC(C)(C)CC. The summed E-state index contributed by atoms with van der Waals surface area (Å²) >= 11 is 0. The zero-order valence-corrected chi connectivity index (χ0v) is 24.5. The summed E-state index contributed by atoms with van der Waals surface area (Å²) in [5, 5.41) is 2.71. The normalized spacial score (nSPS) is 14.6. The average Bonchev–Trinajstić information content (AvgIpc) is 2.81. The fourth-order valence-electron chi connectivity index (χ4n) is 3.72. The Bertz CT molecular complexity index is 715. The Morgan fingerprint density at radius 3 is 2.11 bits per heavy atom. The maximum Gasteiger partial charge on any atom is 0.333 e. The number of unbranched alkanes of at least 4 members (excludes halogenated alkanes) is 2. The van der Waals surface area contributed by atoms with Crippen molar-refractivity contribution < 1.29 is 28.6 Å². The molecule has 210 valence electrons. The summed E-state index contributed by atoms with van der Waals surface area (Å²) in [5.41, 5.74) is -1.13. The lowest BCUT2D eigenvalue weighted by Crippen LogP contribution is -2.45. The summed E-state index contributed by atoms with van der Waals surface area (Å²) in [6, 6.07) is 0. The summed E-state index contributed by atoms with van der Waals surface area (Å²) < 4.78 is 16.9. The highest BCUT2D eigenvalue weighted by atomic mass is 16.5. The highest BCUT2D eigenvalue weighted by Gasteiger charge is 2.32. The molecule has 0 saturated heterocycles. The molecule has 0 aromatic rings. The van der Waals surface area contributed by atoms with E-state index in [-0.39, 0.29) is 30.3 Å². The van der Waals surface area contributed by atoms with E-state index in [1.54, 1.807) is 20.8 Å². The Morgan fingerprint density at radius 2 is 1.56 bits per heavy atom. The molecule has 0 aliphatic rings. The summed E-state index contributed by atoms with van der Waals surface area (Å²) in [6.07, 6.45) is 5.70. The third kappa shape index (κ3) is 13.5. The molecular weight excluding hydrogens is 458 g/mol. The molecule has 0 bridgehead atoms. The van der Waals surface area contributed by atoms with E-state index in [9.17, 15) is 14.4 Å². The molecule has 0 fully saturated rings. The van der Waals surface area contributed by atoms with Gasteiger partial charge in [-0.2, -0.15) is 0 Å². The van der Waals surface area contributed by atoms with E-state index in [2.05, 4.69) is 39.6 Å². The Morgan fingerprint density at radius 1 is 0.917 bits per heavy atom. The molecule has 0 aliphatic carbocycles. The van der Waals surface area contributed by atoms with Crippen molar-refractivity contribution >= 4 is 17.7 Å². The number of esters is 1. The fraction of sp³-hybridized carbons (Fsp3) is 0.828. The van der Waals surface area contributed by atoms with Gasteiger partial charge < -0.3 is 19.5 Å². The second-order valence-electron chi connectivity index (χ2n) is 11.5.